The quantitative estimate of drug-likeness (QED) is 0.689. The van der Waals surface area contributed by atoms with Crippen molar-refractivity contribution in [3.05, 3.63) is 70.5 Å². The van der Waals surface area contributed by atoms with Crippen LogP contribution in [0.4, 0.5) is 9.18 Å². The first-order chi connectivity index (χ1) is 14.5. The van der Waals surface area contributed by atoms with E-state index in [9.17, 15) is 14.3 Å². The summed E-state index contributed by atoms with van der Waals surface area (Å²) in [6, 6.07) is 11.2. The second-order valence-corrected chi connectivity index (χ2v) is 8.30. The number of phenols is 1. The standard InChI is InChI=1S/C23H25ClFN3O2/c24-17-4-5-22(25)21(13-17)16-12-19(10-15-2-1-3-20(29)11-15)28(14-16)23(30)27-18-6-8-26-9-7-18/h1-5,11-13,18-19,26,29H,6-10,14H2,(H,27,30). The minimum Gasteiger partial charge on any atom is -0.508 e. The maximum Gasteiger partial charge on any atom is 0.318 e. The van der Waals surface area contributed by atoms with Gasteiger partial charge >= 0.3 is 6.03 Å². The molecular weight excluding hydrogens is 405 g/mol. The summed E-state index contributed by atoms with van der Waals surface area (Å²) in [5, 5.41) is 16.7. The predicted octanol–water partition coefficient (Wildman–Crippen LogP) is 3.96. The van der Waals surface area contributed by atoms with Crippen LogP contribution in [0.25, 0.3) is 5.57 Å². The molecule has 0 aromatic heterocycles. The van der Waals surface area contributed by atoms with Gasteiger partial charge in [-0.25, -0.2) is 9.18 Å². The number of phenolic OH excluding ortho intramolecular Hbond substituents is 1. The second kappa shape index (κ2) is 9.06. The number of hydrogen-bond acceptors (Lipinski definition) is 3. The van der Waals surface area contributed by atoms with Gasteiger partial charge in [0.1, 0.15) is 11.6 Å². The fourth-order valence-corrected chi connectivity index (χ4v) is 4.31. The van der Waals surface area contributed by atoms with Gasteiger partial charge in [-0.15, -0.1) is 0 Å². The number of benzene rings is 2. The number of rotatable bonds is 4. The fourth-order valence-electron chi connectivity index (χ4n) is 4.13. The Labute approximate surface area is 180 Å². The van der Waals surface area contributed by atoms with Crippen LogP contribution < -0.4 is 10.6 Å². The van der Waals surface area contributed by atoms with Crippen LogP contribution in [0.3, 0.4) is 0 Å². The molecule has 2 heterocycles. The molecule has 158 valence electrons. The number of halogens is 2. The van der Waals surface area contributed by atoms with Crippen molar-refractivity contribution in [2.24, 2.45) is 0 Å². The molecule has 0 aliphatic carbocycles. The Morgan fingerprint density at radius 1 is 1.23 bits per heavy atom. The Morgan fingerprint density at radius 2 is 2.03 bits per heavy atom. The van der Waals surface area contributed by atoms with E-state index in [4.69, 9.17) is 11.6 Å². The highest BCUT2D eigenvalue weighted by Crippen LogP contribution is 2.31. The monoisotopic (exact) mass is 429 g/mol. The maximum atomic E-state index is 14.5. The van der Waals surface area contributed by atoms with Crippen LogP contribution in [0.15, 0.2) is 48.5 Å². The average molecular weight is 430 g/mol. The van der Waals surface area contributed by atoms with Crippen LogP contribution in [-0.2, 0) is 6.42 Å². The van der Waals surface area contributed by atoms with E-state index in [0.29, 0.717) is 23.6 Å². The Morgan fingerprint density at radius 3 is 2.80 bits per heavy atom. The van der Waals surface area contributed by atoms with Crippen molar-refractivity contribution in [1.82, 2.24) is 15.5 Å². The van der Waals surface area contributed by atoms with E-state index in [1.807, 2.05) is 12.1 Å². The van der Waals surface area contributed by atoms with Gasteiger partial charge in [-0.3, -0.25) is 0 Å². The third kappa shape index (κ3) is 4.77. The van der Waals surface area contributed by atoms with Crippen LogP contribution in [-0.4, -0.2) is 47.8 Å². The number of amides is 2. The number of piperidine rings is 1. The second-order valence-electron chi connectivity index (χ2n) is 7.86. The van der Waals surface area contributed by atoms with E-state index in [-0.39, 0.29) is 29.7 Å². The van der Waals surface area contributed by atoms with Gasteiger partial charge in [0.05, 0.1) is 6.04 Å². The molecule has 7 heteroatoms. The van der Waals surface area contributed by atoms with E-state index in [1.165, 1.54) is 12.1 Å². The predicted molar refractivity (Wildman–Crippen MR) is 116 cm³/mol. The normalized spacial score (nSPS) is 19.6. The average Bonchev–Trinajstić information content (AvgIpc) is 3.14. The topological polar surface area (TPSA) is 64.6 Å². The summed E-state index contributed by atoms with van der Waals surface area (Å²) in [5.74, 6) is -0.177. The minimum atomic E-state index is -0.359. The fraction of sp³-hybridized carbons (Fsp3) is 0.348. The lowest BCUT2D eigenvalue weighted by molar-refractivity contribution is 0.190. The molecule has 2 aliphatic rings. The molecule has 0 radical (unpaired) electrons. The number of nitrogens with zero attached hydrogens (tertiary/aromatic N) is 1. The molecule has 1 unspecified atom stereocenters. The molecule has 1 saturated heterocycles. The van der Waals surface area contributed by atoms with Gasteiger partial charge in [-0.05, 0) is 73.8 Å². The molecule has 0 spiro atoms. The SMILES string of the molecule is O=C(NC1CCNCC1)N1CC(c2cc(Cl)ccc2F)=CC1Cc1cccc(O)c1. The molecule has 2 aliphatic heterocycles. The van der Waals surface area contributed by atoms with Gasteiger partial charge in [0.15, 0.2) is 0 Å². The van der Waals surface area contributed by atoms with Crippen LogP contribution in [0.2, 0.25) is 5.02 Å². The number of carbonyl (C=O) groups excluding carboxylic acids is 1. The lowest BCUT2D eigenvalue weighted by atomic mass is 10.0. The van der Waals surface area contributed by atoms with Crippen molar-refractivity contribution >= 4 is 23.2 Å². The summed E-state index contributed by atoms with van der Waals surface area (Å²) in [6.45, 7) is 2.07. The summed E-state index contributed by atoms with van der Waals surface area (Å²) in [7, 11) is 0. The molecule has 1 fully saturated rings. The molecular formula is C23H25ClFN3O2. The first kappa shape index (κ1) is 20.7. The zero-order chi connectivity index (χ0) is 21.1. The van der Waals surface area contributed by atoms with Crippen molar-refractivity contribution in [2.75, 3.05) is 19.6 Å². The van der Waals surface area contributed by atoms with Crippen molar-refractivity contribution in [3.63, 3.8) is 0 Å². The van der Waals surface area contributed by atoms with Crippen molar-refractivity contribution in [2.45, 2.75) is 31.3 Å². The van der Waals surface area contributed by atoms with E-state index in [1.54, 1.807) is 29.2 Å². The zero-order valence-electron chi connectivity index (χ0n) is 16.6. The zero-order valence-corrected chi connectivity index (χ0v) is 17.3. The number of aromatic hydroxyl groups is 1. The molecule has 2 aromatic carbocycles. The molecule has 30 heavy (non-hydrogen) atoms. The number of hydrogen-bond donors (Lipinski definition) is 3. The maximum absolute atomic E-state index is 14.5. The Kier molecular flexibility index (Phi) is 6.25. The van der Waals surface area contributed by atoms with E-state index in [0.717, 1.165) is 37.1 Å². The minimum absolute atomic E-state index is 0.132. The molecule has 5 nitrogen and oxygen atoms in total. The van der Waals surface area contributed by atoms with Gasteiger partial charge < -0.3 is 20.6 Å². The lowest BCUT2D eigenvalue weighted by Crippen LogP contribution is -2.50. The number of carbonyl (C=O) groups is 1. The summed E-state index contributed by atoms with van der Waals surface area (Å²) >= 11 is 6.09. The molecule has 0 saturated carbocycles. The first-order valence-corrected chi connectivity index (χ1v) is 10.6. The Balaban J connectivity index is 1.58. The molecule has 4 rings (SSSR count). The highest BCUT2D eigenvalue weighted by atomic mass is 35.5. The Bertz CT molecular complexity index is 959. The van der Waals surface area contributed by atoms with Crippen LogP contribution in [0.5, 0.6) is 5.75 Å². The highest BCUT2D eigenvalue weighted by Gasteiger charge is 2.32. The van der Waals surface area contributed by atoms with Gasteiger partial charge in [0.25, 0.3) is 0 Å². The van der Waals surface area contributed by atoms with E-state index >= 15 is 0 Å². The number of nitrogens with one attached hydrogen (secondary N) is 2. The molecule has 3 N–H and O–H groups in total. The summed E-state index contributed by atoms with van der Waals surface area (Å²) in [6.07, 6.45) is 4.24. The largest absolute Gasteiger partial charge is 0.508 e. The van der Waals surface area contributed by atoms with Crippen LogP contribution in [0, 0.1) is 5.82 Å². The third-order valence-corrected chi connectivity index (χ3v) is 5.93. The molecule has 2 amide bonds. The first-order valence-electron chi connectivity index (χ1n) is 10.2. The van der Waals surface area contributed by atoms with Gasteiger partial charge in [0.2, 0.25) is 0 Å². The third-order valence-electron chi connectivity index (χ3n) is 5.69. The summed E-state index contributed by atoms with van der Waals surface area (Å²) in [4.78, 5) is 14.8. The van der Waals surface area contributed by atoms with Crippen molar-refractivity contribution in [1.29, 1.82) is 0 Å². The van der Waals surface area contributed by atoms with Gasteiger partial charge in [0, 0.05) is 23.2 Å². The van der Waals surface area contributed by atoms with Crippen molar-refractivity contribution in [3.8, 4) is 5.75 Å². The van der Waals surface area contributed by atoms with Gasteiger partial charge in [-0.2, -0.15) is 0 Å². The molecule has 0 bridgehead atoms. The van der Waals surface area contributed by atoms with Crippen LogP contribution in [0.1, 0.15) is 24.0 Å². The highest BCUT2D eigenvalue weighted by molar-refractivity contribution is 6.30. The number of urea groups is 1. The molecule has 2 aromatic rings. The van der Waals surface area contributed by atoms with Crippen molar-refractivity contribution < 1.29 is 14.3 Å². The molecule has 1 atom stereocenters. The van der Waals surface area contributed by atoms with Crippen LogP contribution >= 0.6 is 11.6 Å². The lowest BCUT2D eigenvalue weighted by Gasteiger charge is -2.30. The van der Waals surface area contributed by atoms with E-state index in [2.05, 4.69) is 10.6 Å². The van der Waals surface area contributed by atoms with Gasteiger partial charge in [-0.1, -0.05) is 29.8 Å². The smallest absolute Gasteiger partial charge is 0.318 e. The van der Waals surface area contributed by atoms with E-state index < -0.39 is 0 Å². The Hall–Kier alpha value is -2.57. The summed E-state index contributed by atoms with van der Waals surface area (Å²) < 4.78 is 14.5. The summed E-state index contributed by atoms with van der Waals surface area (Å²) in [5.41, 5.74) is 2.06.